The molecule has 2 aromatic heterocycles. The summed E-state index contributed by atoms with van der Waals surface area (Å²) >= 11 is 0. The fourth-order valence-corrected chi connectivity index (χ4v) is 9.26. The fourth-order valence-electron chi connectivity index (χ4n) is 9.26. The lowest BCUT2D eigenvalue weighted by Crippen LogP contribution is -2.63. The molecule has 0 unspecified atom stereocenters. The third-order valence-corrected chi connectivity index (χ3v) is 13.8. The van der Waals surface area contributed by atoms with Gasteiger partial charge >= 0.3 is 18.0 Å². The lowest BCUT2D eigenvalue weighted by molar-refractivity contribution is -0.151. The van der Waals surface area contributed by atoms with Gasteiger partial charge in [-0.05, 0) is 98.7 Å². The molecular formula is C57H74N12O10. The summed E-state index contributed by atoms with van der Waals surface area (Å²) in [6.45, 7) is 5.80. The number of aromatic nitrogens is 3. The van der Waals surface area contributed by atoms with Crippen molar-refractivity contribution in [3.8, 4) is 0 Å². The van der Waals surface area contributed by atoms with Crippen molar-refractivity contribution in [1.82, 2.24) is 35.4 Å². The minimum Gasteiger partial charge on any atom is -0.468 e. The zero-order valence-corrected chi connectivity index (χ0v) is 45.5. The summed E-state index contributed by atoms with van der Waals surface area (Å²) in [5.74, 6) is -0.0992. The molecule has 0 radical (unpaired) electrons. The smallest absolute Gasteiger partial charge is 0.412 e. The number of carbonyl (C=O) groups excluding carboxylic acids is 6. The molecule has 4 amide bonds. The van der Waals surface area contributed by atoms with Gasteiger partial charge in [0.15, 0.2) is 5.84 Å². The van der Waals surface area contributed by atoms with Gasteiger partial charge in [0.25, 0.3) is 5.91 Å². The minimum atomic E-state index is -0.628. The van der Waals surface area contributed by atoms with Crippen molar-refractivity contribution in [2.75, 3.05) is 50.2 Å². The van der Waals surface area contributed by atoms with Gasteiger partial charge in [-0.2, -0.15) is 0 Å². The van der Waals surface area contributed by atoms with Gasteiger partial charge in [-0.3, -0.25) is 44.9 Å². The number of pyridine rings is 1. The number of unbranched alkanes of at least 4 members (excludes halogenated alkanes) is 3. The number of aryl methyl sites for hydroxylation is 1. The number of alkyl carbamates (subject to hydrolysis) is 1. The second-order valence-corrected chi connectivity index (χ2v) is 19.2. The topological polar surface area (TPSA) is 298 Å². The van der Waals surface area contributed by atoms with Crippen molar-refractivity contribution in [2.45, 2.75) is 110 Å². The van der Waals surface area contributed by atoms with E-state index in [9.17, 15) is 28.8 Å². The molecule has 7 rings (SSSR count). The SMILES string of the molecule is CCCCCCOC(=O)NC(=N)c1ccc(NCc2nc3cc(C(=O)N(CCC(=O)OCC)c4ccccn4)ccc3n2C)cc1.COC(=O)CN[C@@H](C(=O)N1CC[C@H]1C(=O)NCc1ccc(C(N)=NO)cc1)C1CCCCC1. The van der Waals surface area contributed by atoms with Crippen LogP contribution in [0.3, 0.4) is 0 Å². The van der Waals surface area contributed by atoms with E-state index in [1.54, 1.807) is 84.8 Å². The number of ether oxygens (including phenoxy) is 3. The first-order valence-electron chi connectivity index (χ1n) is 26.9. The summed E-state index contributed by atoms with van der Waals surface area (Å²) in [5.41, 5.74) is 10.3. The van der Waals surface area contributed by atoms with E-state index >= 15 is 0 Å². The number of imidazole rings is 1. The molecule has 2 atom stereocenters. The van der Waals surface area contributed by atoms with Crippen LogP contribution in [0, 0.1) is 11.3 Å². The summed E-state index contributed by atoms with van der Waals surface area (Å²) in [6.07, 6.45) is 10.8. The fraction of sp³-hybridized carbons (Fsp3) is 0.439. The van der Waals surface area contributed by atoms with E-state index in [1.807, 2.05) is 29.8 Å². The summed E-state index contributed by atoms with van der Waals surface area (Å²) < 4.78 is 16.9. The van der Waals surface area contributed by atoms with Crippen LogP contribution in [-0.4, -0.2) is 124 Å². The van der Waals surface area contributed by atoms with Crippen LogP contribution in [0.5, 0.6) is 0 Å². The zero-order valence-electron chi connectivity index (χ0n) is 45.5. The number of hydrogen-bond acceptors (Lipinski definition) is 16. The number of hydrogen-bond donors (Lipinski definition) is 7. The Morgan fingerprint density at radius 1 is 0.873 bits per heavy atom. The summed E-state index contributed by atoms with van der Waals surface area (Å²) in [5, 5.41) is 31.7. The van der Waals surface area contributed by atoms with Gasteiger partial charge < -0.3 is 45.3 Å². The second-order valence-electron chi connectivity index (χ2n) is 19.2. The van der Waals surface area contributed by atoms with Crippen LogP contribution in [0.1, 0.15) is 117 Å². The molecule has 3 aromatic carbocycles. The van der Waals surface area contributed by atoms with Crippen LogP contribution in [0.15, 0.2) is 96.3 Å². The maximum atomic E-state index is 13.6. The Morgan fingerprint density at radius 3 is 2.27 bits per heavy atom. The molecular weight excluding hydrogens is 1010 g/mol. The van der Waals surface area contributed by atoms with Gasteiger partial charge in [-0.1, -0.05) is 80.9 Å². The number of carbonyl (C=O) groups is 6. The molecule has 2 aliphatic rings. The Balaban J connectivity index is 0.000000269. The van der Waals surface area contributed by atoms with Crippen LogP contribution in [0.25, 0.3) is 11.0 Å². The van der Waals surface area contributed by atoms with E-state index in [4.69, 9.17) is 35.5 Å². The number of esters is 2. The van der Waals surface area contributed by atoms with Crippen molar-refractivity contribution in [2.24, 2.45) is 23.9 Å². The van der Waals surface area contributed by atoms with Gasteiger partial charge in [-0.15, -0.1) is 0 Å². The molecule has 1 aliphatic heterocycles. The van der Waals surface area contributed by atoms with Crippen molar-refractivity contribution in [3.05, 3.63) is 119 Å². The number of amidine groups is 2. The molecule has 422 valence electrons. The number of nitrogens with two attached hydrogens (primary N) is 1. The molecule has 0 bridgehead atoms. The van der Waals surface area contributed by atoms with Gasteiger partial charge in [0.1, 0.15) is 23.5 Å². The predicted molar refractivity (Wildman–Crippen MR) is 298 cm³/mol. The first-order chi connectivity index (χ1) is 38.2. The Hall–Kier alpha value is -8.40. The van der Waals surface area contributed by atoms with Crippen LogP contribution < -0.4 is 31.9 Å². The number of nitrogens with zero attached hydrogens (tertiary/aromatic N) is 6. The average Bonchev–Trinajstić information content (AvgIpc) is 3.79. The van der Waals surface area contributed by atoms with E-state index in [1.165, 1.54) is 12.0 Å². The lowest BCUT2D eigenvalue weighted by atomic mass is 9.82. The largest absolute Gasteiger partial charge is 0.468 e. The van der Waals surface area contributed by atoms with Gasteiger partial charge in [0, 0.05) is 55.3 Å². The summed E-state index contributed by atoms with van der Waals surface area (Å²) in [7, 11) is 3.23. The standard InChI is InChI=1S/C34H41N7O5.C23H33N5O5/c1-4-6-7-10-21-46-34(44)39-32(35)24-12-15-26(16-13-24)37-23-30-38-27-22-25(14-17-28(27)40(30)3)33(43)41(20-18-31(42)45-5-2)29-11-8-9-19-36-29;1-33-19(29)14-25-20(16-5-3-2-4-6-16)23(31)28-12-11-18(28)22(30)26-13-15-7-9-17(10-8-15)21(24)27-32/h8-9,11-17,19,22,37H,4-7,10,18,20-21,23H2,1-3H3,(H2,35,39,44);7-10,16,18,20,25,32H,2-6,11-14H2,1H3,(H2,24,27)(H,26,30)/t;18-,20+/m.0/s1. The number of fused-ring (bicyclic) bond motifs is 1. The van der Waals surface area contributed by atoms with E-state index < -0.39 is 24.1 Å². The van der Waals surface area contributed by atoms with Gasteiger partial charge in [0.05, 0.1) is 56.9 Å². The van der Waals surface area contributed by atoms with E-state index in [2.05, 4.69) is 38.3 Å². The van der Waals surface area contributed by atoms with Crippen molar-refractivity contribution in [3.63, 3.8) is 0 Å². The number of rotatable bonds is 24. The summed E-state index contributed by atoms with van der Waals surface area (Å²) in [4.78, 5) is 87.6. The Kier molecular flexibility index (Phi) is 23.1. The predicted octanol–water partition coefficient (Wildman–Crippen LogP) is 6.52. The molecule has 2 fully saturated rings. The lowest BCUT2D eigenvalue weighted by Gasteiger charge is -2.43. The molecule has 79 heavy (non-hydrogen) atoms. The monoisotopic (exact) mass is 1090 g/mol. The molecule has 1 saturated heterocycles. The highest BCUT2D eigenvalue weighted by Gasteiger charge is 2.42. The third kappa shape index (κ3) is 17.3. The Morgan fingerprint density at radius 2 is 1.61 bits per heavy atom. The van der Waals surface area contributed by atoms with Crippen LogP contribution in [0.4, 0.5) is 16.3 Å². The number of oxime groups is 1. The number of nitrogens with one attached hydrogen (secondary N) is 5. The number of likely N-dealkylation sites (tertiary alicyclic amines) is 1. The number of methoxy groups -OCH3 is 1. The van der Waals surface area contributed by atoms with E-state index in [0.717, 1.165) is 80.4 Å². The average molecular weight is 1090 g/mol. The molecule has 22 heteroatoms. The molecule has 1 aliphatic carbocycles. The highest BCUT2D eigenvalue weighted by molar-refractivity contribution is 6.07. The minimum absolute atomic E-state index is 0.0162. The number of benzene rings is 3. The van der Waals surface area contributed by atoms with Crippen molar-refractivity contribution < 1.29 is 48.2 Å². The van der Waals surface area contributed by atoms with Gasteiger partial charge in [0.2, 0.25) is 11.8 Å². The highest BCUT2D eigenvalue weighted by Crippen LogP contribution is 2.30. The quantitative estimate of drug-likeness (QED) is 0.00658. The van der Waals surface area contributed by atoms with Crippen LogP contribution in [0.2, 0.25) is 0 Å². The Bertz CT molecular complexity index is 2870. The summed E-state index contributed by atoms with van der Waals surface area (Å²) in [6, 6.07) is 23.7. The normalized spacial score (nSPS) is 14.6. The molecule has 8 N–H and O–H groups in total. The first kappa shape index (κ1) is 59.8. The highest BCUT2D eigenvalue weighted by atomic mass is 16.5. The van der Waals surface area contributed by atoms with Crippen LogP contribution in [-0.2, 0) is 53.5 Å². The number of amides is 4. The molecule has 0 spiro atoms. The maximum Gasteiger partial charge on any atom is 0.412 e. The van der Waals surface area contributed by atoms with E-state index in [0.29, 0.717) is 60.7 Å². The molecule has 1 saturated carbocycles. The third-order valence-electron chi connectivity index (χ3n) is 13.8. The molecule has 5 aromatic rings. The Labute approximate surface area is 460 Å². The van der Waals surface area contributed by atoms with Crippen molar-refractivity contribution in [1.29, 1.82) is 5.41 Å². The van der Waals surface area contributed by atoms with E-state index in [-0.39, 0.29) is 67.4 Å². The molecule has 3 heterocycles. The maximum absolute atomic E-state index is 13.6. The van der Waals surface area contributed by atoms with Crippen LogP contribution >= 0.6 is 0 Å². The second kappa shape index (κ2) is 30.5. The van der Waals surface area contributed by atoms with Gasteiger partial charge in [-0.25, -0.2) is 14.8 Å². The van der Waals surface area contributed by atoms with Crippen molar-refractivity contribution >= 4 is 70.0 Å². The number of anilines is 2. The zero-order chi connectivity index (χ0) is 56.7. The first-order valence-corrected chi connectivity index (χ1v) is 26.9. The molecule has 22 nitrogen and oxygen atoms in total.